The lowest BCUT2D eigenvalue weighted by Gasteiger charge is -2.34. The molecule has 0 amide bonds. The third-order valence-electron chi connectivity index (χ3n) is 4.97. The van der Waals surface area contributed by atoms with E-state index in [-0.39, 0.29) is 11.4 Å². The van der Waals surface area contributed by atoms with Crippen LogP contribution >= 0.6 is 27.7 Å². The summed E-state index contributed by atoms with van der Waals surface area (Å²) in [6, 6.07) is 11.5. The topological polar surface area (TPSA) is 52.5 Å². The van der Waals surface area contributed by atoms with Gasteiger partial charge in [-0.2, -0.15) is 5.26 Å². The molecule has 1 aliphatic heterocycles. The Balaban J connectivity index is 1.91. The first-order valence-corrected chi connectivity index (χ1v) is 10.7. The smallest absolute Gasteiger partial charge is 0.219 e. The van der Waals surface area contributed by atoms with E-state index < -0.39 is 10.7 Å². The van der Waals surface area contributed by atoms with E-state index in [2.05, 4.69) is 27.0 Å². The minimum atomic E-state index is -1.16. The number of aryl methyl sites for hydroxylation is 1. The van der Waals surface area contributed by atoms with Crippen LogP contribution in [0.4, 0.5) is 14.5 Å². The summed E-state index contributed by atoms with van der Waals surface area (Å²) < 4.78 is 34.3. The molecule has 0 N–H and O–H groups in total. The molecule has 29 heavy (non-hydrogen) atoms. The summed E-state index contributed by atoms with van der Waals surface area (Å²) in [5.41, 5.74) is 2.01. The second kappa shape index (κ2) is 7.47. The molecule has 2 aromatic carbocycles. The molecule has 1 unspecified atom stereocenters. The van der Waals surface area contributed by atoms with E-state index in [1.807, 2.05) is 6.92 Å². The predicted octanol–water partition coefficient (Wildman–Crippen LogP) is 5.89. The number of likely N-dealkylation sites (N-methyl/N-ethyl adjacent to an activating group) is 1. The fraction of sp³-hybridized carbons (Fsp3) is 0.238. The molecule has 0 bridgehead atoms. The summed E-state index contributed by atoms with van der Waals surface area (Å²) in [6.07, 6.45) is 0.528. The lowest BCUT2D eigenvalue weighted by Crippen LogP contribution is -2.48. The molecule has 4 rings (SSSR count). The molecule has 0 aliphatic carbocycles. The SMILES string of the molecule is CCc1oc2c(F)cc(Br)cc2c1N(C)C1(C#N)SCN=C1c1ccc(F)cc1. The van der Waals surface area contributed by atoms with Crippen LogP contribution in [0.25, 0.3) is 11.0 Å². The van der Waals surface area contributed by atoms with Crippen LogP contribution in [0.5, 0.6) is 0 Å². The summed E-state index contributed by atoms with van der Waals surface area (Å²) in [5.74, 6) is 0.145. The standard InChI is InChI=1S/C21H16BrF2N3OS/c1-3-17-18(15-8-13(22)9-16(24)19(15)28-17)27(2)21(10-25)20(26-11-29-21)12-4-6-14(23)7-5-12/h4-9H,3,11H2,1-2H3. The molecule has 2 heterocycles. The van der Waals surface area contributed by atoms with E-state index in [1.54, 1.807) is 30.1 Å². The number of aliphatic imine (C=N–C) groups is 1. The molecule has 1 atom stereocenters. The van der Waals surface area contributed by atoms with Gasteiger partial charge in [-0.1, -0.05) is 46.7 Å². The number of hydrogen-bond donors (Lipinski definition) is 0. The Morgan fingerprint density at radius 2 is 2.03 bits per heavy atom. The number of rotatable bonds is 4. The number of thioether (sulfide) groups is 1. The maximum absolute atomic E-state index is 14.5. The van der Waals surface area contributed by atoms with Crippen LogP contribution in [0, 0.1) is 23.0 Å². The van der Waals surface area contributed by atoms with Crippen LogP contribution in [0.1, 0.15) is 18.2 Å². The summed E-state index contributed by atoms with van der Waals surface area (Å²) in [7, 11) is 1.78. The van der Waals surface area contributed by atoms with Crippen molar-refractivity contribution >= 4 is 50.1 Å². The van der Waals surface area contributed by atoms with Gasteiger partial charge < -0.3 is 9.32 Å². The second-order valence-electron chi connectivity index (χ2n) is 6.59. The molecule has 0 saturated carbocycles. The van der Waals surface area contributed by atoms with E-state index in [1.165, 1.54) is 30.0 Å². The zero-order valence-corrected chi connectivity index (χ0v) is 18.1. The summed E-state index contributed by atoms with van der Waals surface area (Å²) in [4.78, 5) is 5.18. The van der Waals surface area contributed by atoms with Crippen LogP contribution in [-0.4, -0.2) is 23.5 Å². The van der Waals surface area contributed by atoms with Gasteiger partial charge in [-0.05, 0) is 24.3 Å². The first kappa shape index (κ1) is 19.9. The number of halogens is 3. The number of hydrogen-bond acceptors (Lipinski definition) is 5. The second-order valence-corrected chi connectivity index (χ2v) is 8.65. The van der Waals surface area contributed by atoms with Gasteiger partial charge >= 0.3 is 0 Å². The zero-order chi connectivity index (χ0) is 20.8. The summed E-state index contributed by atoms with van der Waals surface area (Å²) in [5, 5.41) is 10.8. The molecule has 0 fully saturated rings. The number of nitrogens with zero attached hydrogens (tertiary/aromatic N) is 3. The average molecular weight is 476 g/mol. The number of nitriles is 1. The lowest BCUT2D eigenvalue weighted by molar-refractivity contribution is 0.523. The highest BCUT2D eigenvalue weighted by Crippen LogP contribution is 2.45. The van der Waals surface area contributed by atoms with Crippen LogP contribution in [0.15, 0.2) is 50.3 Å². The van der Waals surface area contributed by atoms with Gasteiger partial charge in [0.05, 0.1) is 17.3 Å². The van der Waals surface area contributed by atoms with Gasteiger partial charge in [-0.3, -0.25) is 4.99 Å². The maximum Gasteiger partial charge on any atom is 0.219 e. The van der Waals surface area contributed by atoms with E-state index in [4.69, 9.17) is 4.42 Å². The zero-order valence-electron chi connectivity index (χ0n) is 15.7. The van der Waals surface area contributed by atoms with E-state index in [0.717, 1.165) is 0 Å². The van der Waals surface area contributed by atoms with Crippen LogP contribution < -0.4 is 4.90 Å². The fourth-order valence-electron chi connectivity index (χ4n) is 3.60. The predicted molar refractivity (Wildman–Crippen MR) is 115 cm³/mol. The molecular formula is C21H16BrF2N3OS. The van der Waals surface area contributed by atoms with Crippen molar-refractivity contribution in [2.24, 2.45) is 4.99 Å². The van der Waals surface area contributed by atoms with Crippen LogP contribution in [-0.2, 0) is 6.42 Å². The van der Waals surface area contributed by atoms with Crippen molar-refractivity contribution in [2.75, 3.05) is 17.8 Å². The molecule has 3 aromatic rings. The van der Waals surface area contributed by atoms with Crippen molar-refractivity contribution in [3.8, 4) is 6.07 Å². The minimum absolute atomic E-state index is 0.156. The van der Waals surface area contributed by atoms with Crippen molar-refractivity contribution in [1.29, 1.82) is 5.26 Å². The number of benzene rings is 2. The summed E-state index contributed by atoms with van der Waals surface area (Å²) >= 11 is 4.70. The largest absolute Gasteiger partial charge is 0.456 e. The Morgan fingerprint density at radius 3 is 2.69 bits per heavy atom. The maximum atomic E-state index is 14.5. The number of fused-ring (bicyclic) bond motifs is 1. The van der Waals surface area contributed by atoms with Crippen molar-refractivity contribution in [3.05, 3.63) is 63.8 Å². The normalized spacial score (nSPS) is 18.7. The molecule has 1 aromatic heterocycles. The van der Waals surface area contributed by atoms with Gasteiger partial charge in [0.1, 0.15) is 17.6 Å². The van der Waals surface area contributed by atoms with Crippen LogP contribution in [0.2, 0.25) is 0 Å². The molecule has 0 saturated heterocycles. The Kier molecular flexibility index (Phi) is 5.13. The van der Waals surface area contributed by atoms with Crippen LogP contribution in [0.3, 0.4) is 0 Å². The van der Waals surface area contributed by atoms with E-state index >= 15 is 0 Å². The molecule has 8 heteroatoms. The van der Waals surface area contributed by atoms with Gasteiger partial charge in [0, 0.05) is 28.9 Å². The molecule has 0 radical (unpaired) electrons. The van der Waals surface area contributed by atoms with Crippen molar-refractivity contribution in [1.82, 2.24) is 0 Å². The first-order chi connectivity index (χ1) is 13.9. The summed E-state index contributed by atoms with van der Waals surface area (Å²) in [6.45, 7) is 1.91. The van der Waals surface area contributed by atoms with Gasteiger partial charge in [-0.25, -0.2) is 8.78 Å². The third-order valence-corrected chi connectivity index (χ3v) is 6.66. The van der Waals surface area contributed by atoms with Gasteiger partial charge in [0.15, 0.2) is 11.4 Å². The minimum Gasteiger partial charge on any atom is -0.456 e. The van der Waals surface area contributed by atoms with E-state index in [9.17, 15) is 14.0 Å². The third kappa shape index (κ3) is 3.13. The quantitative estimate of drug-likeness (QED) is 0.472. The van der Waals surface area contributed by atoms with Crippen molar-refractivity contribution in [3.63, 3.8) is 0 Å². The molecule has 4 nitrogen and oxygen atoms in total. The number of anilines is 1. The van der Waals surface area contributed by atoms with E-state index in [0.29, 0.717) is 44.9 Å². The molecule has 148 valence electrons. The highest BCUT2D eigenvalue weighted by atomic mass is 79.9. The Morgan fingerprint density at radius 1 is 1.31 bits per heavy atom. The fourth-order valence-corrected chi connectivity index (χ4v) is 5.08. The lowest BCUT2D eigenvalue weighted by atomic mass is 10.0. The Bertz CT molecular complexity index is 1170. The number of furan rings is 1. The molecular weight excluding hydrogens is 460 g/mol. The molecule has 1 aliphatic rings. The highest BCUT2D eigenvalue weighted by molar-refractivity contribution is 9.10. The highest BCUT2D eigenvalue weighted by Gasteiger charge is 2.47. The average Bonchev–Trinajstić information content (AvgIpc) is 3.30. The Hall–Kier alpha value is -2.37. The van der Waals surface area contributed by atoms with Gasteiger partial charge in [-0.15, -0.1) is 0 Å². The monoisotopic (exact) mass is 475 g/mol. The van der Waals surface area contributed by atoms with Gasteiger partial charge in [0.2, 0.25) is 4.87 Å². The molecule has 0 spiro atoms. The Labute approximate surface area is 179 Å². The van der Waals surface area contributed by atoms with Crippen molar-refractivity contribution < 1.29 is 13.2 Å². The van der Waals surface area contributed by atoms with Crippen molar-refractivity contribution in [2.45, 2.75) is 18.2 Å². The first-order valence-electron chi connectivity index (χ1n) is 8.91. The van der Waals surface area contributed by atoms with Gasteiger partial charge in [0.25, 0.3) is 0 Å².